The van der Waals surface area contributed by atoms with Crippen molar-refractivity contribution >= 4 is 29.1 Å². The number of non-ortho nitro benzene ring substituents is 1. The Hall–Kier alpha value is -3.92. The summed E-state index contributed by atoms with van der Waals surface area (Å²) in [6.45, 7) is 1.93. The number of aromatic nitrogens is 2. The molecule has 30 heavy (non-hydrogen) atoms. The highest BCUT2D eigenvalue weighted by Gasteiger charge is 2.13. The summed E-state index contributed by atoms with van der Waals surface area (Å²) in [5.74, 6) is -0.322. The SMILES string of the molecule is Cc1cc(OCn2ccc(C(=O)O/N=C(\N)c3ccc([N+](=O)[O-])cc3)n2)ccc1Cl. The lowest BCUT2D eigenvalue weighted by atomic mass is 10.2. The number of benzene rings is 2. The van der Waals surface area contributed by atoms with Crippen LogP contribution >= 0.6 is 11.6 Å². The topological polar surface area (TPSA) is 135 Å². The van der Waals surface area contributed by atoms with Gasteiger partial charge in [0.25, 0.3) is 5.69 Å². The Bertz CT molecular complexity index is 1110. The van der Waals surface area contributed by atoms with Gasteiger partial charge in [-0.2, -0.15) is 5.10 Å². The van der Waals surface area contributed by atoms with E-state index in [4.69, 9.17) is 26.9 Å². The van der Waals surface area contributed by atoms with Gasteiger partial charge in [-0.15, -0.1) is 0 Å². The molecule has 1 aromatic heterocycles. The lowest BCUT2D eigenvalue weighted by Gasteiger charge is -2.07. The van der Waals surface area contributed by atoms with Gasteiger partial charge in [-0.3, -0.25) is 10.1 Å². The number of nitro groups is 1. The normalized spacial score (nSPS) is 11.2. The summed E-state index contributed by atoms with van der Waals surface area (Å²) in [6.07, 6.45) is 1.54. The predicted molar refractivity (Wildman–Crippen MR) is 108 cm³/mol. The summed E-state index contributed by atoms with van der Waals surface area (Å²) in [5, 5.41) is 18.9. The Morgan fingerprint density at radius 1 is 1.27 bits per heavy atom. The number of nitrogens with zero attached hydrogens (tertiary/aromatic N) is 4. The molecule has 3 aromatic rings. The highest BCUT2D eigenvalue weighted by Crippen LogP contribution is 2.21. The molecule has 0 aliphatic heterocycles. The van der Waals surface area contributed by atoms with E-state index in [-0.39, 0.29) is 23.9 Å². The molecule has 2 N–H and O–H groups in total. The van der Waals surface area contributed by atoms with Gasteiger partial charge in [-0.25, -0.2) is 9.48 Å². The maximum atomic E-state index is 12.1. The van der Waals surface area contributed by atoms with E-state index in [0.29, 0.717) is 16.3 Å². The first kappa shape index (κ1) is 20.8. The molecule has 0 fully saturated rings. The summed E-state index contributed by atoms with van der Waals surface area (Å²) in [5.41, 5.74) is 6.89. The van der Waals surface area contributed by atoms with E-state index in [0.717, 1.165) is 5.56 Å². The molecule has 0 aliphatic rings. The monoisotopic (exact) mass is 429 g/mol. The fraction of sp³-hybridized carbons (Fsp3) is 0.105. The van der Waals surface area contributed by atoms with Crippen LogP contribution in [0.3, 0.4) is 0 Å². The van der Waals surface area contributed by atoms with Crippen molar-refractivity contribution in [3.05, 3.63) is 86.7 Å². The van der Waals surface area contributed by atoms with Crippen molar-refractivity contribution in [2.24, 2.45) is 10.9 Å². The van der Waals surface area contributed by atoms with E-state index in [1.54, 1.807) is 24.4 Å². The minimum absolute atomic E-state index is 0.00568. The van der Waals surface area contributed by atoms with Gasteiger partial charge in [0.2, 0.25) is 0 Å². The second-order valence-electron chi connectivity index (χ2n) is 6.08. The van der Waals surface area contributed by atoms with Gasteiger partial charge in [0.1, 0.15) is 5.75 Å². The maximum absolute atomic E-state index is 12.1. The highest BCUT2D eigenvalue weighted by atomic mass is 35.5. The van der Waals surface area contributed by atoms with Gasteiger partial charge in [0, 0.05) is 28.9 Å². The number of nitro benzene ring substituents is 1. The zero-order chi connectivity index (χ0) is 21.7. The van der Waals surface area contributed by atoms with Crippen LogP contribution in [0, 0.1) is 17.0 Å². The second-order valence-corrected chi connectivity index (χ2v) is 6.49. The molecule has 0 bridgehead atoms. The van der Waals surface area contributed by atoms with Crippen molar-refractivity contribution in [3.8, 4) is 5.75 Å². The number of hydrogen-bond acceptors (Lipinski definition) is 7. The fourth-order valence-corrected chi connectivity index (χ4v) is 2.45. The molecule has 0 radical (unpaired) electrons. The molecule has 10 nitrogen and oxygen atoms in total. The third-order valence-electron chi connectivity index (χ3n) is 3.94. The Balaban J connectivity index is 1.58. The first-order valence-electron chi connectivity index (χ1n) is 8.55. The molecule has 0 unspecified atom stereocenters. The smallest absolute Gasteiger partial charge is 0.385 e. The first-order valence-corrected chi connectivity index (χ1v) is 8.93. The van der Waals surface area contributed by atoms with Crippen LogP contribution in [0.25, 0.3) is 0 Å². The van der Waals surface area contributed by atoms with Crippen LogP contribution < -0.4 is 10.5 Å². The largest absolute Gasteiger partial charge is 0.471 e. The van der Waals surface area contributed by atoms with Crippen molar-refractivity contribution in [1.82, 2.24) is 9.78 Å². The molecular formula is C19H16ClN5O5. The fourth-order valence-electron chi connectivity index (χ4n) is 2.33. The van der Waals surface area contributed by atoms with Crippen molar-refractivity contribution in [2.75, 3.05) is 0 Å². The van der Waals surface area contributed by atoms with Gasteiger partial charge < -0.3 is 15.3 Å². The highest BCUT2D eigenvalue weighted by molar-refractivity contribution is 6.31. The van der Waals surface area contributed by atoms with Crippen LogP contribution in [0.2, 0.25) is 5.02 Å². The minimum Gasteiger partial charge on any atom is -0.471 e. The average molecular weight is 430 g/mol. The van der Waals surface area contributed by atoms with E-state index >= 15 is 0 Å². The van der Waals surface area contributed by atoms with Crippen molar-refractivity contribution in [3.63, 3.8) is 0 Å². The molecule has 11 heteroatoms. The first-order chi connectivity index (χ1) is 14.3. The standard InChI is InChI=1S/C19H16ClN5O5/c1-12-10-15(6-7-16(12)20)29-11-24-9-8-17(22-24)19(26)30-23-18(21)13-2-4-14(5-3-13)25(27)28/h2-10H,11H2,1H3,(H2,21,23). The van der Waals surface area contributed by atoms with Crippen LogP contribution in [0.5, 0.6) is 5.75 Å². The Labute approximate surface area is 175 Å². The number of rotatable bonds is 7. The third-order valence-corrected chi connectivity index (χ3v) is 4.37. The molecule has 1 heterocycles. The van der Waals surface area contributed by atoms with Crippen LogP contribution in [0.1, 0.15) is 21.6 Å². The molecule has 0 amide bonds. The van der Waals surface area contributed by atoms with E-state index in [2.05, 4.69) is 10.3 Å². The van der Waals surface area contributed by atoms with Gasteiger partial charge in [-0.05, 0) is 48.9 Å². The number of aryl methyl sites for hydroxylation is 1. The predicted octanol–water partition coefficient (Wildman–Crippen LogP) is 3.27. The number of ether oxygens (including phenoxy) is 1. The minimum atomic E-state index is -0.819. The summed E-state index contributed by atoms with van der Waals surface area (Å²) in [4.78, 5) is 27.0. The molecular weight excluding hydrogens is 414 g/mol. The van der Waals surface area contributed by atoms with Gasteiger partial charge in [-0.1, -0.05) is 16.8 Å². The molecule has 0 spiro atoms. The number of oxime groups is 1. The molecule has 0 saturated heterocycles. The molecule has 2 aromatic carbocycles. The van der Waals surface area contributed by atoms with E-state index in [9.17, 15) is 14.9 Å². The van der Waals surface area contributed by atoms with E-state index in [1.807, 2.05) is 6.92 Å². The number of carbonyl (C=O) groups is 1. The zero-order valence-electron chi connectivity index (χ0n) is 15.7. The Morgan fingerprint density at radius 3 is 2.67 bits per heavy atom. The van der Waals surface area contributed by atoms with Gasteiger partial charge in [0.05, 0.1) is 4.92 Å². The molecule has 154 valence electrons. The second kappa shape index (κ2) is 9.05. The number of amidine groups is 1. The summed E-state index contributed by atoms with van der Waals surface area (Å²) >= 11 is 5.98. The summed E-state index contributed by atoms with van der Waals surface area (Å²) in [7, 11) is 0. The maximum Gasteiger partial charge on any atom is 0.385 e. The molecule has 0 aliphatic carbocycles. The van der Waals surface area contributed by atoms with E-state index < -0.39 is 10.9 Å². The lowest BCUT2D eigenvalue weighted by Crippen LogP contribution is -2.15. The summed E-state index contributed by atoms with van der Waals surface area (Å²) < 4.78 is 7.00. The van der Waals surface area contributed by atoms with Gasteiger partial charge in [0.15, 0.2) is 18.3 Å². The number of carbonyl (C=O) groups excluding carboxylic acids is 1. The third kappa shape index (κ3) is 5.11. The lowest BCUT2D eigenvalue weighted by molar-refractivity contribution is -0.384. The number of nitrogens with two attached hydrogens (primary N) is 1. The van der Waals surface area contributed by atoms with Crippen LogP contribution in [-0.2, 0) is 11.6 Å². The summed E-state index contributed by atoms with van der Waals surface area (Å²) in [6, 6.07) is 12.0. The Morgan fingerprint density at radius 2 is 2.00 bits per heavy atom. The number of halogens is 1. The van der Waals surface area contributed by atoms with Gasteiger partial charge >= 0.3 is 5.97 Å². The molecule has 3 rings (SSSR count). The van der Waals surface area contributed by atoms with Crippen LogP contribution in [-0.4, -0.2) is 26.5 Å². The van der Waals surface area contributed by atoms with Crippen LogP contribution in [0.15, 0.2) is 59.9 Å². The zero-order valence-corrected chi connectivity index (χ0v) is 16.4. The van der Waals surface area contributed by atoms with Crippen LogP contribution in [0.4, 0.5) is 5.69 Å². The van der Waals surface area contributed by atoms with Crippen molar-refractivity contribution < 1.29 is 19.3 Å². The Kier molecular flexibility index (Phi) is 6.28. The number of hydrogen-bond donors (Lipinski definition) is 1. The quantitative estimate of drug-likeness (QED) is 0.200. The van der Waals surface area contributed by atoms with Crippen molar-refractivity contribution in [2.45, 2.75) is 13.7 Å². The van der Waals surface area contributed by atoms with E-state index in [1.165, 1.54) is 35.0 Å². The molecule has 0 atom stereocenters. The average Bonchev–Trinajstić information content (AvgIpc) is 3.22. The molecule has 0 saturated carbocycles. The van der Waals surface area contributed by atoms with Crippen molar-refractivity contribution in [1.29, 1.82) is 0 Å².